The molecule has 1 saturated heterocycles. The number of esters is 1. The molecular formula is C21H28N2O5. The van der Waals surface area contributed by atoms with Gasteiger partial charge in [0.25, 0.3) is 11.8 Å². The number of nitrogens with one attached hydrogen (secondary N) is 1. The molecule has 3 rings (SSSR count). The zero-order valence-corrected chi connectivity index (χ0v) is 16.3. The van der Waals surface area contributed by atoms with Crippen LogP contribution in [0.1, 0.15) is 42.5 Å². The third-order valence-electron chi connectivity index (χ3n) is 5.75. The maximum Gasteiger partial charge on any atom is 0.325 e. The number of carbonyl (C=O) groups excluding carboxylic acids is 3. The van der Waals surface area contributed by atoms with Crippen molar-refractivity contribution in [1.82, 2.24) is 10.2 Å². The van der Waals surface area contributed by atoms with Gasteiger partial charge in [0.2, 0.25) is 0 Å². The smallest absolute Gasteiger partial charge is 0.325 e. The highest BCUT2D eigenvalue weighted by atomic mass is 16.5. The van der Waals surface area contributed by atoms with Crippen molar-refractivity contribution >= 4 is 17.8 Å². The Kier molecular flexibility index (Phi) is 6.90. The monoisotopic (exact) mass is 388 g/mol. The minimum Gasteiger partial charge on any atom is -0.497 e. The molecular weight excluding hydrogens is 360 g/mol. The molecule has 0 bridgehead atoms. The largest absolute Gasteiger partial charge is 0.497 e. The van der Waals surface area contributed by atoms with Crippen LogP contribution in [0, 0.1) is 11.8 Å². The number of nitrogens with zero attached hydrogens (tertiary/aromatic N) is 1. The van der Waals surface area contributed by atoms with Gasteiger partial charge in [0.1, 0.15) is 12.3 Å². The molecule has 1 heterocycles. The van der Waals surface area contributed by atoms with Gasteiger partial charge in [-0.1, -0.05) is 19.3 Å². The van der Waals surface area contributed by atoms with Crippen LogP contribution in [0.3, 0.4) is 0 Å². The second-order valence-electron chi connectivity index (χ2n) is 7.50. The standard InChI is InChI=1S/C21H28N2O5/c1-27-18-8-6-16(7-9-18)21(26)22-12-20(25)28-14-19(24)23-11-10-15-4-2-3-5-17(15)13-23/h6-9,15,17H,2-5,10-14H2,1H3,(H,22,26)/t15-,17-/m1/s1. The molecule has 0 aromatic heterocycles. The van der Waals surface area contributed by atoms with Gasteiger partial charge in [-0.15, -0.1) is 0 Å². The zero-order valence-electron chi connectivity index (χ0n) is 16.3. The van der Waals surface area contributed by atoms with Crippen molar-refractivity contribution in [3.05, 3.63) is 29.8 Å². The predicted molar refractivity (Wildman–Crippen MR) is 103 cm³/mol. The van der Waals surface area contributed by atoms with E-state index in [9.17, 15) is 14.4 Å². The summed E-state index contributed by atoms with van der Waals surface area (Å²) >= 11 is 0. The van der Waals surface area contributed by atoms with Gasteiger partial charge in [0, 0.05) is 18.7 Å². The van der Waals surface area contributed by atoms with E-state index >= 15 is 0 Å². The Labute approximate surface area is 165 Å². The normalized spacial score (nSPS) is 21.4. The van der Waals surface area contributed by atoms with E-state index in [1.165, 1.54) is 25.7 Å². The molecule has 0 spiro atoms. The topological polar surface area (TPSA) is 84.9 Å². The zero-order chi connectivity index (χ0) is 19.9. The number of amides is 2. The van der Waals surface area contributed by atoms with Crippen LogP contribution in [0.4, 0.5) is 0 Å². The highest BCUT2D eigenvalue weighted by molar-refractivity contribution is 5.96. The predicted octanol–water partition coefficient (Wildman–Crippen LogP) is 2.01. The van der Waals surface area contributed by atoms with E-state index in [0.717, 1.165) is 25.4 Å². The molecule has 2 amide bonds. The molecule has 7 nitrogen and oxygen atoms in total. The van der Waals surface area contributed by atoms with Crippen LogP contribution in [0.15, 0.2) is 24.3 Å². The van der Waals surface area contributed by atoms with Gasteiger partial charge in [-0.2, -0.15) is 0 Å². The van der Waals surface area contributed by atoms with E-state index in [4.69, 9.17) is 9.47 Å². The third-order valence-corrected chi connectivity index (χ3v) is 5.75. The number of hydrogen-bond donors (Lipinski definition) is 1. The Morgan fingerprint density at radius 2 is 1.79 bits per heavy atom. The molecule has 28 heavy (non-hydrogen) atoms. The molecule has 1 N–H and O–H groups in total. The van der Waals surface area contributed by atoms with Crippen molar-refractivity contribution in [2.45, 2.75) is 32.1 Å². The summed E-state index contributed by atoms with van der Waals surface area (Å²) in [6, 6.07) is 6.55. The van der Waals surface area contributed by atoms with Gasteiger partial charge in [-0.05, 0) is 48.9 Å². The Bertz CT molecular complexity index is 703. The molecule has 7 heteroatoms. The SMILES string of the molecule is COc1ccc(C(=O)NCC(=O)OCC(=O)N2CC[C@H]3CCCC[C@@H]3C2)cc1. The fourth-order valence-electron chi connectivity index (χ4n) is 4.11. The molecule has 1 aliphatic carbocycles. The van der Waals surface area contributed by atoms with Crippen LogP contribution < -0.4 is 10.1 Å². The van der Waals surface area contributed by atoms with Gasteiger partial charge in [0.05, 0.1) is 7.11 Å². The van der Waals surface area contributed by atoms with E-state index in [0.29, 0.717) is 17.2 Å². The summed E-state index contributed by atoms with van der Waals surface area (Å²) in [6.07, 6.45) is 6.05. The Balaban J connectivity index is 1.37. The van der Waals surface area contributed by atoms with Crippen LogP contribution in [0.2, 0.25) is 0 Å². The second kappa shape index (κ2) is 9.57. The highest BCUT2D eigenvalue weighted by Crippen LogP contribution is 2.35. The molecule has 0 unspecified atom stereocenters. The molecule has 1 aromatic carbocycles. The number of benzene rings is 1. The molecule has 2 atom stereocenters. The van der Waals surface area contributed by atoms with E-state index in [-0.39, 0.29) is 25.0 Å². The summed E-state index contributed by atoms with van der Waals surface area (Å²) in [6.45, 7) is 0.971. The lowest BCUT2D eigenvalue weighted by atomic mass is 9.75. The first kappa shape index (κ1) is 20.2. The van der Waals surface area contributed by atoms with Crippen molar-refractivity contribution in [2.24, 2.45) is 11.8 Å². The van der Waals surface area contributed by atoms with Gasteiger partial charge in [-0.3, -0.25) is 14.4 Å². The van der Waals surface area contributed by atoms with Crippen molar-refractivity contribution in [3.8, 4) is 5.75 Å². The van der Waals surface area contributed by atoms with Crippen LogP contribution in [0.5, 0.6) is 5.75 Å². The van der Waals surface area contributed by atoms with Gasteiger partial charge in [0.15, 0.2) is 6.61 Å². The van der Waals surface area contributed by atoms with E-state index in [2.05, 4.69) is 5.32 Å². The number of hydrogen-bond acceptors (Lipinski definition) is 5. The van der Waals surface area contributed by atoms with E-state index in [1.54, 1.807) is 31.4 Å². The van der Waals surface area contributed by atoms with E-state index in [1.807, 2.05) is 4.90 Å². The molecule has 1 saturated carbocycles. The second-order valence-corrected chi connectivity index (χ2v) is 7.50. The third kappa shape index (κ3) is 5.24. The highest BCUT2D eigenvalue weighted by Gasteiger charge is 2.33. The minimum absolute atomic E-state index is 0.154. The summed E-state index contributed by atoms with van der Waals surface area (Å²) in [5, 5.41) is 2.50. The molecule has 1 aromatic rings. The first-order valence-electron chi connectivity index (χ1n) is 9.92. The lowest BCUT2D eigenvalue weighted by Crippen LogP contribution is -2.46. The number of piperidine rings is 1. The van der Waals surface area contributed by atoms with Crippen LogP contribution >= 0.6 is 0 Å². The van der Waals surface area contributed by atoms with Crippen molar-refractivity contribution in [2.75, 3.05) is 33.4 Å². The van der Waals surface area contributed by atoms with Gasteiger partial charge >= 0.3 is 5.97 Å². The van der Waals surface area contributed by atoms with E-state index < -0.39 is 5.97 Å². The molecule has 152 valence electrons. The number of fused-ring (bicyclic) bond motifs is 1. The van der Waals surface area contributed by atoms with Crippen LogP contribution in [-0.2, 0) is 14.3 Å². The van der Waals surface area contributed by atoms with Gasteiger partial charge < -0.3 is 19.7 Å². The number of ether oxygens (including phenoxy) is 2. The summed E-state index contributed by atoms with van der Waals surface area (Å²) in [5.74, 6) is 0.818. The molecule has 1 aliphatic heterocycles. The number of likely N-dealkylation sites (tertiary alicyclic amines) is 1. The summed E-state index contributed by atoms with van der Waals surface area (Å²) in [7, 11) is 1.55. The summed E-state index contributed by atoms with van der Waals surface area (Å²) in [5.41, 5.74) is 0.417. The average molecular weight is 388 g/mol. The minimum atomic E-state index is -0.622. The lowest BCUT2D eigenvalue weighted by Gasteiger charge is -2.41. The first-order valence-corrected chi connectivity index (χ1v) is 9.92. The first-order chi connectivity index (χ1) is 13.6. The van der Waals surface area contributed by atoms with Crippen LogP contribution in [0.25, 0.3) is 0 Å². The average Bonchev–Trinajstić information content (AvgIpc) is 2.75. The number of carbonyl (C=O) groups is 3. The summed E-state index contributed by atoms with van der Waals surface area (Å²) < 4.78 is 10.1. The van der Waals surface area contributed by atoms with Crippen molar-refractivity contribution < 1.29 is 23.9 Å². The Hall–Kier alpha value is -2.57. The molecule has 2 fully saturated rings. The molecule has 2 aliphatic rings. The lowest BCUT2D eigenvalue weighted by molar-refractivity contribution is -0.152. The maximum atomic E-state index is 12.3. The van der Waals surface area contributed by atoms with Crippen LogP contribution in [-0.4, -0.2) is 56.0 Å². The quantitative estimate of drug-likeness (QED) is 0.754. The fraction of sp³-hybridized carbons (Fsp3) is 0.571. The Morgan fingerprint density at radius 3 is 2.50 bits per heavy atom. The van der Waals surface area contributed by atoms with Crippen molar-refractivity contribution in [1.29, 1.82) is 0 Å². The maximum absolute atomic E-state index is 12.3. The molecule has 0 radical (unpaired) electrons. The fourth-order valence-corrected chi connectivity index (χ4v) is 4.11. The Morgan fingerprint density at radius 1 is 1.07 bits per heavy atom. The number of methoxy groups -OCH3 is 1. The van der Waals surface area contributed by atoms with Crippen molar-refractivity contribution in [3.63, 3.8) is 0 Å². The van der Waals surface area contributed by atoms with Gasteiger partial charge in [-0.25, -0.2) is 0 Å². The number of rotatable bonds is 6. The summed E-state index contributed by atoms with van der Waals surface area (Å²) in [4.78, 5) is 38.1.